The van der Waals surface area contributed by atoms with Crippen molar-refractivity contribution in [3.8, 4) is 0 Å². The van der Waals surface area contributed by atoms with E-state index >= 15 is 0 Å². The van der Waals surface area contributed by atoms with Crippen LogP contribution in [0.3, 0.4) is 0 Å². The Hall–Kier alpha value is -1.44. The summed E-state index contributed by atoms with van der Waals surface area (Å²) in [6, 6.07) is 1.93. The van der Waals surface area contributed by atoms with Crippen LogP contribution in [0.5, 0.6) is 0 Å². The maximum Gasteiger partial charge on any atom is 0.226 e. The highest BCUT2D eigenvalue weighted by atomic mass is 35.5. The number of nitrogens with two attached hydrogens (primary N) is 1. The highest BCUT2D eigenvalue weighted by molar-refractivity contribution is 7.07. The predicted molar refractivity (Wildman–Crippen MR) is 66.5 cm³/mol. The van der Waals surface area contributed by atoms with Gasteiger partial charge in [-0.15, -0.1) is 0 Å². The molecule has 0 saturated heterocycles. The van der Waals surface area contributed by atoms with Crippen molar-refractivity contribution in [2.24, 2.45) is 5.84 Å². The third-order valence-corrected chi connectivity index (χ3v) is 2.90. The third-order valence-electron chi connectivity index (χ3n) is 2.00. The van der Waals surface area contributed by atoms with E-state index in [1.807, 2.05) is 16.8 Å². The minimum Gasteiger partial charge on any atom is -0.363 e. The maximum absolute atomic E-state index is 13.7. The van der Waals surface area contributed by atoms with Crippen LogP contribution in [-0.2, 0) is 6.54 Å². The average Bonchev–Trinajstić information content (AvgIpc) is 2.82. The average molecular weight is 274 g/mol. The Balaban J connectivity index is 2.17. The van der Waals surface area contributed by atoms with Gasteiger partial charge in [0.1, 0.15) is 0 Å². The van der Waals surface area contributed by atoms with Crippen molar-refractivity contribution in [1.82, 2.24) is 9.97 Å². The van der Waals surface area contributed by atoms with Crippen LogP contribution in [0.2, 0.25) is 5.28 Å². The number of thiophene rings is 1. The lowest BCUT2D eigenvalue weighted by atomic mass is 10.3. The van der Waals surface area contributed by atoms with Crippen LogP contribution in [0, 0.1) is 5.82 Å². The Morgan fingerprint density at radius 3 is 2.82 bits per heavy atom. The van der Waals surface area contributed by atoms with Gasteiger partial charge in [0.15, 0.2) is 11.6 Å². The van der Waals surface area contributed by atoms with Gasteiger partial charge in [0.2, 0.25) is 11.1 Å². The molecule has 17 heavy (non-hydrogen) atoms. The number of hydrogen-bond donors (Lipinski definition) is 3. The zero-order chi connectivity index (χ0) is 12.3. The summed E-state index contributed by atoms with van der Waals surface area (Å²) in [7, 11) is 0. The molecule has 0 saturated carbocycles. The lowest BCUT2D eigenvalue weighted by Gasteiger charge is -2.08. The third kappa shape index (κ3) is 2.82. The van der Waals surface area contributed by atoms with Crippen LogP contribution in [0.1, 0.15) is 5.56 Å². The number of anilines is 2. The van der Waals surface area contributed by atoms with E-state index in [-0.39, 0.29) is 16.9 Å². The number of nitrogen functional groups attached to an aromatic ring is 1. The van der Waals surface area contributed by atoms with Gasteiger partial charge in [-0.25, -0.2) is 5.84 Å². The van der Waals surface area contributed by atoms with Crippen molar-refractivity contribution in [3.05, 3.63) is 33.5 Å². The van der Waals surface area contributed by atoms with Gasteiger partial charge in [0, 0.05) is 6.54 Å². The van der Waals surface area contributed by atoms with E-state index in [4.69, 9.17) is 17.4 Å². The van der Waals surface area contributed by atoms with Crippen molar-refractivity contribution in [2.45, 2.75) is 6.54 Å². The molecule has 2 aromatic heterocycles. The highest BCUT2D eigenvalue weighted by Gasteiger charge is 2.12. The van der Waals surface area contributed by atoms with E-state index in [0.29, 0.717) is 6.54 Å². The lowest BCUT2D eigenvalue weighted by molar-refractivity contribution is 0.620. The number of nitrogens with one attached hydrogen (secondary N) is 2. The van der Waals surface area contributed by atoms with Crippen molar-refractivity contribution in [2.75, 3.05) is 10.7 Å². The molecule has 8 heteroatoms. The Morgan fingerprint density at radius 1 is 1.41 bits per heavy atom. The van der Waals surface area contributed by atoms with Gasteiger partial charge in [0.25, 0.3) is 0 Å². The van der Waals surface area contributed by atoms with Crippen LogP contribution < -0.4 is 16.6 Å². The summed E-state index contributed by atoms with van der Waals surface area (Å²) in [6.07, 6.45) is 0. The molecule has 2 aromatic rings. The normalized spacial score (nSPS) is 10.3. The van der Waals surface area contributed by atoms with Crippen LogP contribution in [0.4, 0.5) is 16.0 Å². The van der Waals surface area contributed by atoms with E-state index < -0.39 is 5.82 Å². The maximum atomic E-state index is 13.7. The van der Waals surface area contributed by atoms with Crippen LogP contribution >= 0.6 is 22.9 Å². The van der Waals surface area contributed by atoms with Gasteiger partial charge in [-0.3, -0.25) is 0 Å². The second-order valence-electron chi connectivity index (χ2n) is 3.13. The fraction of sp³-hybridized carbons (Fsp3) is 0.111. The monoisotopic (exact) mass is 273 g/mol. The molecule has 0 fully saturated rings. The van der Waals surface area contributed by atoms with Gasteiger partial charge in [-0.2, -0.15) is 25.7 Å². The summed E-state index contributed by atoms with van der Waals surface area (Å²) < 4.78 is 13.7. The van der Waals surface area contributed by atoms with Crippen LogP contribution in [-0.4, -0.2) is 9.97 Å². The minimum atomic E-state index is -0.660. The highest BCUT2D eigenvalue weighted by Crippen LogP contribution is 2.21. The van der Waals surface area contributed by atoms with Gasteiger partial charge < -0.3 is 10.7 Å². The number of rotatable bonds is 4. The molecule has 0 unspecified atom stereocenters. The summed E-state index contributed by atoms with van der Waals surface area (Å²) in [5.41, 5.74) is 3.15. The minimum absolute atomic E-state index is 0.0177. The van der Waals surface area contributed by atoms with Crippen molar-refractivity contribution < 1.29 is 4.39 Å². The Morgan fingerprint density at radius 2 is 2.18 bits per heavy atom. The molecule has 5 nitrogen and oxygen atoms in total. The number of nitrogens with zero attached hydrogens (tertiary/aromatic N) is 2. The lowest BCUT2D eigenvalue weighted by Crippen LogP contribution is -2.13. The summed E-state index contributed by atoms with van der Waals surface area (Å²) in [5, 5.41) is 6.65. The molecular weight excluding hydrogens is 265 g/mol. The van der Waals surface area contributed by atoms with E-state index in [1.54, 1.807) is 11.3 Å². The van der Waals surface area contributed by atoms with E-state index in [1.165, 1.54) is 0 Å². The zero-order valence-electron chi connectivity index (χ0n) is 8.58. The summed E-state index contributed by atoms with van der Waals surface area (Å²) in [5.74, 6) is 4.33. The fourth-order valence-corrected chi connectivity index (χ4v) is 2.05. The Kier molecular flexibility index (Phi) is 3.72. The van der Waals surface area contributed by atoms with Gasteiger partial charge >= 0.3 is 0 Å². The first kappa shape index (κ1) is 12.0. The van der Waals surface area contributed by atoms with Crippen LogP contribution in [0.15, 0.2) is 16.8 Å². The molecule has 0 atom stereocenters. The first-order valence-electron chi connectivity index (χ1n) is 4.65. The standard InChI is InChI=1S/C9H9ClFN5S/c10-9-14-7(6(11)8(15-9)16-12)13-3-5-1-2-17-4-5/h1-2,4H,3,12H2,(H2,13,14,15,16). The van der Waals surface area contributed by atoms with E-state index in [2.05, 4.69) is 20.7 Å². The van der Waals surface area contributed by atoms with Crippen molar-refractivity contribution in [1.29, 1.82) is 0 Å². The molecule has 2 heterocycles. The molecule has 4 N–H and O–H groups in total. The molecule has 0 aliphatic rings. The smallest absolute Gasteiger partial charge is 0.226 e. The Bertz CT molecular complexity index is 504. The van der Waals surface area contributed by atoms with E-state index in [9.17, 15) is 4.39 Å². The molecule has 0 spiro atoms. The molecular formula is C9H9ClFN5S. The van der Waals surface area contributed by atoms with Crippen molar-refractivity contribution >= 4 is 34.6 Å². The van der Waals surface area contributed by atoms with Gasteiger partial charge in [-0.05, 0) is 34.0 Å². The van der Waals surface area contributed by atoms with Crippen LogP contribution in [0.25, 0.3) is 0 Å². The largest absolute Gasteiger partial charge is 0.363 e. The number of aromatic nitrogens is 2. The molecule has 0 aliphatic carbocycles. The Labute approximate surface area is 106 Å². The van der Waals surface area contributed by atoms with E-state index in [0.717, 1.165) is 5.56 Å². The number of halogens is 2. The van der Waals surface area contributed by atoms with Gasteiger partial charge in [0.05, 0.1) is 0 Å². The first-order valence-corrected chi connectivity index (χ1v) is 5.97. The zero-order valence-corrected chi connectivity index (χ0v) is 10.1. The second-order valence-corrected chi connectivity index (χ2v) is 4.25. The molecule has 2 rings (SSSR count). The molecule has 0 aromatic carbocycles. The van der Waals surface area contributed by atoms with Gasteiger partial charge in [-0.1, -0.05) is 0 Å². The molecule has 0 amide bonds. The number of hydrogen-bond acceptors (Lipinski definition) is 6. The molecule has 0 bridgehead atoms. The molecule has 90 valence electrons. The SMILES string of the molecule is NNc1nc(Cl)nc(NCc2ccsc2)c1F. The fourth-order valence-electron chi connectivity index (χ4n) is 1.21. The quantitative estimate of drug-likeness (QED) is 0.452. The summed E-state index contributed by atoms with van der Waals surface area (Å²) >= 11 is 7.20. The molecule has 0 radical (unpaired) electrons. The first-order chi connectivity index (χ1) is 8.20. The van der Waals surface area contributed by atoms with Crippen molar-refractivity contribution in [3.63, 3.8) is 0 Å². The molecule has 0 aliphatic heterocycles. The predicted octanol–water partition coefficient (Wildman–Crippen LogP) is 2.23. The second kappa shape index (κ2) is 5.26. The number of hydrazine groups is 1. The summed E-state index contributed by atoms with van der Waals surface area (Å²) in [6.45, 7) is 0.456. The topological polar surface area (TPSA) is 75.9 Å². The summed E-state index contributed by atoms with van der Waals surface area (Å²) in [4.78, 5) is 7.36.